The number of benzene rings is 1. The number of Topliss-reactive ketones (excluding diaryl/α,β-unsaturated/α-hetero) is 1. The lowest BCUT2D eigenvalue weighted by atomic mass is 9.73. The number of carbonyl (C=O) groups excluding carboxylic acids is 2. The predicted molar refractivity (Wildman–Crippen MR) is 128 cm³/mol. The molecule has 0 bridgehead atoms. The van der Waals surface area contributed by atoms with E-state index in [4.69, 9.17) is 9.47 Å². The van der Waals surface area contributed by atoms with Gasteiger partial charge in [-0.15, -0.1) is 11.3 Å². The van der Waals surface area contributed by atoms with Crippen LogP contribution in [0.3, 0.4) is 0 Å². The maximum absolute atomic E-state index is 13.6. The lowest BCUT2D eigenvalue weighted by molar-refractivity contribution is -0.144. The number of allylic oxidation sites excluding steroid dienone is 3. The van der Waals surface area contributed by atoms with Gasteiger partial charge in [0.05, 0.1) is 18.6 Å². The van der Waals surface area contributed by atoms with Gasteiger partial charge in [-0.25, -0.2) is 4.79 Å². The van der Waals surface area contributed by atoms with Crippen LogP contribution in [0, 0.1) is 0 Å². The fraction of sp³-hybridized carbons (Fsp3) is 0.407. The Morgan fingerprint density at radius 3 is 2.61 bits per heavy atom. The fourth-order valence-corrected chi connectivity index (χ4v) is 6.34. The average molecular weight is 464 g/mol. The van der Waals surface area contributed by atoms with Gasteiger partial charge in [-0.1, -0.05) is 24.3 Å². The molecule has 5 nitrogen and oxygen atoms in total. The van der Waals surface area contributed by atoms with Crippen molar-refractivity contribution in [2.24, 2.45) is 0 Å². The molecule has 2 aliphatic carbocycles. The fourth-order valence-electron chi connectivity index (χ4n) is 5.49. The molecule has 5 rings (SSSR count). The first-order chi connectivity index (χ1) is 16.1. The van der Waals surface area contributed by atoms with Crippen LogP contribution in [0.2, 0.25) is 0 Å². The van der Waals surface area contributed by atoms with Crippen molar-refractivity contribution in [1.29, 1.82) is 0 Å². The van der Waals surface area contributed by atoms with Crippen LogP contribution in [0.15, 0.2) is 64.3 Å². The highest BCUT2D eigenvalue weighted by Gasteiger charge is 2.42. The summed E-state index contributed by atoms with van der Waals surface area (Å²) in [6.07, 6.45) is 5.11. The van der Waals surface area contributed by atoms with Crippen molar-refractivity contribution in [2.75, 3.05) is 7.11 Å². The lowest BCUT2D eigenvalue weighted by Gasteiger charge is -2.36. The molecule has 6 heteroatoms. The number of ether oxygens (including phenoxy) is 2. The van der Waals surface area contributed by atoms with Gasteiger partial charge in [0, 0.05) is 34.2 Å². The number of ketones is 1. The number of dihydropyridines is 1. The molecule has 1 aliphatic heterocycles. The molecule has 2 atom stereocenters. The molecule has 1 aromatic heterocycles. The second kappa shape index (κ2) is 9.18. The summed E-state index contributed by atoms with van der Waals surface area (Å²) in [7, 11) is 1.66. The quantitative estimate of drug-likeness (QED) is 0.585. The molecule has 1 aromatic carbocycles. The first kappa shape index (κ1) is 22.0. The van der Waals surface area contributed by atoms with E-state index in [-0.39, 0.29) is 29.7 Å². The number of hydrogen-bond donors (Lipinski definition) is 1. The van der Waals surface area contributed by atoms with Gasteiger partial charge in [-0.3, -0.25) is 4.79 Å². The Bertz CT molecular complexity index is 1120. The molecule has 172 valence electrons. The molecular formula is C27H29NO4S. The number of hydrogen-bond acceptors (Lipinski definition) is 6. The summed E-state index contributed by atoms with van der Waals surface area (Å²) >= 11 is 1.58. The molecule has 1 fully saturated rings. The first-order valence-corrected chi connectivity index (χ1v) is 12.6. The maximum atomic E-state index is 13.6. The summed E-state index contributed by atoms with van der Waals surface area (Å²) in [4.78, 5) is 28.0. The van der Waals surface area contributed by atoms with E-state index in [1.54, 1.807) is 18.4 Å². The lowest BCUT2D eigenvalue weighted by Crippen LogP contribution is -2.36. The van der Waals surface area contributed by atoms with E-state index in [9.17, 15) is 9.59 Å². The molecule has 1 N–H and O–H groups in total. The van der Waals surface area contributed by atoms with E-state index >= 15 is 0 Å². The van der Waals surface area contributed by atoms with Crippen LogP contribution in [-0.4, -0.2) is 25.0 Å². The Morgan fingerprint density at radius 1 is 1.09 bits per heavy atom. The molecule has 3 aliphatic rings. The Hall–Kier alpha value is -2.86. The third kappa shape index (κ3) is 4.12. The average Bonchev–Trinajstić information content (AvgIpc) is 3.52. The Morgan fingerprint density at radius 2 is 1.88 bits per heavy atom. The van der Waals surface area contributed by atoms with E-state index in [0.717, 1.165) is 53.3 Å². The molecule has 0 saturated heterocycles. The molecule has 0 spiro atoms. The monoisotopic (exact) mass is 463 g/mol. The van der Waals surface area contributed by atoms with Crippen molar-refractivity contribution in [3.8, 4) is 5.75 Å². The van der Waals surface area contributed by atoms with Crippen LogP contribution in [0.5, 0.6) is 5.75 Å². The van der Waals surface area contributed by atoms with Crippen LogP contribution < -0.4 is 10.1 Å². The van der Waals surface area contributed by atoms with Gasteiger partial charge in [0.1, 0.15) is 11.9 Å². The van der Waals surface area contributed by atoms with Gasteiger partial charge in [-0.2, -0.15) is 0 Å². The zero-order valence-corrected chi connectivity index (χ0v) is 19.9. The summed E-state index contributed by atoms with van der Waals surface area (Å²) in [5.41, 5.74) is 4.03. The minimum absolute atomic E-state index is 0.0193. The van der Waals surface area contributed by atoms with Crippen LogP contribution >= 0.6 is 11.3 Å². The van der Waals surface area contributed by atoms with E-state index in [0.29, 0.717) is 24.0 Å². The van der Waals surface area contributed by atoms with E-state index in [1.165, 1.54) is 0 Å². The minimum atomic E-state index is -0.374. The van der Waals surface area contributed by atoms with E-state index in [2.05, 4.69) is 5.32 Å². The molecule has 0 unspecified atom stereocenters. The second-order valence-electron chi connectivity index (χ2n) is 9.09. The Balaban J connectivity index is 1.51. The topological polar surface area (TPSA) is 64.6 Å². The number of para-hydroxylation sites is 1. The number of carbonyl (C=O) groups is 2. The zero-order chi connectivity index (χ0) is 22.9. The van der Waals surface area contributed by atoms with Crippen molar-refractivity contribution in [2.45, 2.75) is 63.4 Å². The summed E-state index contributed by atoms with van der Waals surface area (Å²) in [6, 6.07) is 11.9. The van der Waals surface area contributed by atoms with E-state index < -0.39 is 0 Å². The Labute approximate surface area is 198 Å². The van der Waals surface area contributed by atoms with Gasteiger partial charge in [0.15, 0.2) is 5.78 Å². The smallest absolute Gasteiger partial charge is 0.337 e. The van der Waals surface area contributed by atoms with Gasteiger partial charge in [0.25, 0.3) is 0 Å². The molecule has 33 heavy (non-hydrogen) atoms. The SMILES string of the molecule is COc1ccccc1[C@H]1CC(=O)C2=C(C1)NC(C)=C(C(=O)OC1CCCC1)[C@@H]2c1cccs1. The molecule has 1 saturated carbocycles. The van der Waals surface area contributed by atoms with Gasteiger partial charge < -0.3 is 14.8 Å². The van der Waals surface area contributed by atoms with Crippen LogP contribution in [0.4, 0.5) is 0 Å². The van der Waals surface area contributed by atoms with Crippen molar-refractivity contribution < 1.29 is 19.1 Å². The standard InChI is InChI=1S/C27H29NO4S/c1-16-24(27(30)32-18-8-3-4-9-18)26(23-12-7-13-33-23)25-20(28-16)14-17(15-21(25)29)19-10-5-6-11-22(19)31-2/h5-7,10-13,17-18,26,28H,3-4,8-9,14-15H2,1-2H3/t17-,26+/m1/s1. The summed E-state index contributed by atoms with van der Waals surface area (Å²) in [5.74, 6) is 0.247. The van der Waals surface area contributed by atoms with E-state index in [1.807, 2.05) is 48.7 Å². The first-order valence-electron chi connectivity index (χ1n) is 11.7. The predicted octanol–water partition coefficient (Wildman–Crippen LogP) is 5.60. The van der Waals surface area contributed by atoms with Gasteiger partial charge in [0.2, 0.25) is 0 Å². The normalized spacial score (nSPS) is 23.4. The largest absolute Gasteiger partial charge is 0.496 e. The number of methoxy groups -OCH3 is 1. The highest BCUT2D eigenvalue weighted by Crippen LogP contribution is 2.47. The highest BCUT2D eigenvalue weighted by molar-refractivity contribution is 7.10. The van der Waals surface area contributed by atoms with Gasteiger partial charge >= 0.3 is 5.97 Å². The molecule has 0 amide bonds. The van der Waals surface area contributed by atoms with Crippen molar-refractivity contribution in [3.63, 3.8) is 0 Å². The van der Waals surface area contributed by atoms with Crippen molar-refractivity contribution in [3.05, 3.63) is 74.8 Å². The number of nitrogens with one attached hydrogen (secondary N) is 1. The summed E-state index contributed by atoms with van der Waals surface area (Å²) in [6.45, 7) is 1.92. The van der Waals surface area contributed by atoms with Crippen molar-refractivity contribution in [1.82, 2.24) is 5.32 Å². The third-order valence-corrected chi connectivity index (χ3v) is 7.97. The third-order valence-electron chi connectivity index (χ3n) is 7.03. The van der Waals surface area contributed by atoms with Crippen LogP contribution in [-0.2, 0) is 14.3 Å². The molecule has 2 heterocycles. The van der Waals surface area contributed by atoms with Crippen molar-refractivity contribution >= 4 is 23.1 Å². The van der Waals surface area contributed by atoms with Crippen LogP contribution in [0.1, 0.15) is 67.7 Å². The minimum Gasteiger partial charge on any atom is -0.496 e. The molecule has 0 radical (unpaired) electrons. The molecular weight excluding hydrogens is 434 g/mol. The summed E-state index contributed by atoms with van der Waals surface area (Å²) < 4.78 is 11.5. The summed E-state index contributed by atoms with van der Waals surface area (Å²) in [5, 5.41) is 5.43. The Kier molecular flexibility index (Phi) is 6.11. The second-order valence-corrected chi connectivity index (χ2v) is 10.1. The number of esters is 1. The zero-order valence-electron chi connectivity index (χ0n) is 19.1. The van der Waals surface area contributed by atoms with Crippen LogP contribution in [0.25, 0.3) is 0 Å². The van der Waals surface area contributed by atoms with Gasteiger partial charge in [-0.05, 0) is 62.1 Å². The molecule has 2 aromatic rings. The highest BCUT2D eigenvalue weighted by atomic mass is 32.1. The number of thiophene rings is 1. The maximum Gasteiger partial charge on any atom is 0.337 e. The number of rotatable bonds is 5.